The molecule has 0 aliphatic carbocycles. The van der Waals surface area contributed by atoms with Crippen molar-refractivity contribution in [2.75, 3.05) is 19.7 Å². The molecular formula is C17H23NO4. The summed E-state index contributed by atoms with van der Waals surface area (Å²) in [5, 5.41) is 9.04. The minimum Gasteiger partial charge on any atom is -0.494 e. The van der Waals surface area contributed by atoms with Crippen LogP contribution in [0.4, 0.5) is 0 Å². The summed E-state index contributed by atoms with van der Waals surface area (Å²) in [5.41, 5.74) is 1.18. The van der Waals surface area contributed by atoms with Crippen molar-refractivity contribution in [3.8, 4) is 5.75 Å². The highest BCUT2D eigenvalue weighted by Gasteiger charge is 2.27. The lowest BCUT2D eigenvalue weighted by Gasteiger charge is -2.30. The van der Waals surface area contributed by atoms with Crippen molar-refractivity contribution in [3.05, 3.63) is 29.8 Å². The fourth-order valence-corrected chi connectivity index (χ4v) is 2.61. The third-order valence-corrected chi connectivity index (χ3v) is 3.95. The molecule has 1 amide bonds. The van der Waals surface area contributed by atoms with Crippen molar-refractivity contribution in [3.63, 3.8) is 0 Å². The lowest BCUT2D eigenvalue weighted by Crippen LogP contribution is -2.42. The number of piperidine rings is 1. The van der Waals surface area contributed by atoms with Crippen LogP contribution in [-0.2, 0) is 9.59 Å². The van der Waals surface area contributed by atoms with E-state index in [9.17, 15) is 9.59 Å². The van der Waals surface area contributed by atoms with Gasteiger partial charge in [-0.2, -0.15) is 0 Å². The Kier molecular flexibility index (Phi) is 5.81. The number of rotatable bonds is 6. The molecule has 1 atom stereocenters. The first-order valence-corrected chi connectivity index (χ1v) is 7.76. The molecular weight excluding hydrogens is 282 g/mol. The molecule has 5 nitrogen and oxygen atoms in total. The first-order chi connectivity index (χ1) is 10.6. The van der Waals surface area contributed by atoms with Gasteiger partial charge in [0.2, 0.25) is 5.91 Å². The lowest BCUT2D eigenvalue weighted by atomic mass is 9.98. The van der Waals surface area contributed by atoms with Crippen molar-refractivity contribution >= 4 is 11.9 Å². The van der Waals surface area contributed by atoms with Crippen LogP contribution in [0, 0.1) is 12.8 Å². The fourth-order valence-electron chi connectivity index (χ4n) is 2.61. The maximum absolute atomic E-state index is 12.1. The van der Waals surface area contributed by atoms with Crippen LogP contribution < -0.4 is 4.74 Å². The van der Waals surface area contributed by atoms with Crippen LogP contribution in [0.25, 0.3) is 0 Å². The quantitative estimate of drug-likeness (QED) is 0.820. The lowest BCUT2D eigenvalue weighted by molar-refractivity contribution is -0.145. The molecule has 1 saturated heterocycles. The third-order valence-electron chi connectivity index (χ3n) is 3.95. The number of nitrogens with zero attached hydrogens (tertiary/aromatic N) is 1. The summed E-state index contributed by atoms with van der Waals surface area (Å²) in [6.45, 7) is 3.52. The van der Waals surface area contributed by atoms with Crippen molar-refractivity contribution in [2.24, 2.45) is 5.92 Å². The van der Waals surface area contributed by atoms with E-state index in [1.165, 1.54) is 5.56 Å². The second-order valence-corrected chi connectivity index (χ2v) is 5.78. The predicted octanol–water partition coefficient (Wildman–Crippen LogP) is 2.48. The minimum atomic E-state index is -0.805. The van der Waals surface area contributed by atoms with Crippen LogP contribution >= 0.6 is 0 Å². The van der Waals surface area contributed by atoms with Gasteiger partial charge in [-0.05, 0) is 38.3 Å². The molecule has 1 aromatic rings. The summed E-state index contributed by atoms with van der Waals surface area (Å²) in [6, 6.07) is 7.80. The fraction of sp³-hybridized carbons (Fsp3) is 0.529. The summed E-state index contributed by atoms with van der Waals surface area (Å²) >= 11 is 0. The number of carbonyl (C=O) groups is 2. The van der Waals surface area contributed by atoms with Crippen molar-refractivity contribution < 1.29 is 19.4 Å². The van der Waals surface area contributed by atoms with Gasteiger partial charge in [-0.25, -0.2) is 0 Å². The van der Waals surface area contributed by atoms with Gasteiger partial charge in [-0.15, -0.1) is 0 Å². The van der Waals surface area contributed by atoms with Gasteiger partial charge in [0, 0.05) is 19.5 Å². The van der Waals surface area contributed by atoms with Gasteiger partial charge in [0.1, 0.15) is 5.75 Å². The smallest absolute Gasteiger partial charge is 0.308 e. The van der Waals surface area contributed by atoms with E-state index in [0.717, 1.165) is 12.2 Å². The zero-order valence-electron chi connectivity index (χ0n) is 13.0. The number of aryl methyl sites for hydroxylation is 1. The van der Waals surface area contributed by atoms with Crippen LogP contribution in [0.1, 0.15) is 31.2 Å². The van der Waals surface area contributed by atoms with E-state index in [1.54, 1.807) is 4.90 Å². The first-order valence-electron chi connectivity index (χ1n) is 7.76. The summed E-state index contributed by atoms with van der Waals surface area (Å²) in [6.07, 6.45) is 2.47. The van der Waals surface area contributed by atoms with E-state index in [-0.39, 0.29) is 5.91 Å². The molecule has 0 spiro atoms. The molecule has 22 heavy (non-hydrogen) atoms. The summed E-state index contributed by atoms with van der Waals surface area (Å²) < 4.78 is 5.59. The molecule has 1 N–H and O–H groups in total. The van der Waals surface area contributed by atoms with Gasteiger partial charge in [0.25, 0.3) is 0 Å². The molecule has 0 unspecified atom stereocenters. The van der Waals surface area contributed by atoms with Crippen molar-refractivity contribution in [1.29, 1.82) is 0 Å². The Bertz CT molecular complexity index is 512. The van der Waals surface area contributed by atoms with Gasteiger partial charge >= 0.3 is 5.97 Å². The SMILES string of the molecule is Cc1ccc(OCCCC(=O)N2CCC[C@H](C(=O)O)C2)cc1. The Morgan fingerprint density at radius 3 is 2.73 bits per heavy atom. The molecule has 0 saturated carbocycles. The van der Waals surface area contributed by atoms with E-state index in [1.807, 2.05) is 31.2 Å². The number of carboxylic acids is 1. The number of benzene rings is 1. The summed E-state index contributed by atoms with van der Waals surface area (Å²) in [4.78, 5) is 24.8. The monoisotopic (exact) mass is 305 g/mol. The summed E-state index contributed by atoms with van der Waals surface area (Å²) in [5.74, 6) is -0.387. The molecule has 0 bridgehead atoms. The van der Waals surface area contributed by atoms with Gasteiger partial charge in [-0.3, -0.25) is 9.59 Å². The van der Waals surface area contributed by atoms with Crippen molar-refractivity contribution in [2.45, 2.75) is 32.6 Å². The Balaban J connectivity index is 1.69. The van der Waals surface area contributed by atoms with Crippen molar-refractivity contribution in [1.82, 2.24) is 4.90 Å². The Hall–Kier alpha value is -2.04. The van der Waals surface area contributed by atoms with Gasteiger partial charge in [0.15, 0.2) is 0 Å². The summed E-state index contributed by atoms with van der Waals surface area (Å²) in [7, 11) is 0. The predicted molar refractivity (Wildman–Crippen MR) is 82.8 cm³/mol. The highest BCUT2D eigenvalue weighted by Crippen LogP contribution is 2.18. The molecule has 1 fully saturated rings. The molecule has 2 rings (SSSR count). The normalized spacial score (nSPS) is 18.0. The number of ether oxygens (including phenoxy) is 1. The molecule has 5 heteroatoms. The topological polar surface area (TPSA) is 66.8 Å². The number of aliphatic carboxylic acids is 1. The van der Waals surface area contributed by atoms with Crippen LogP contribution in [-0.4, -0.2) is 41.6 Å². The van der Waals surface area contributed by atoms with Crippen LogP contribution in [0.5, 0.6) is 5.75 Å². The largest absolute Gasteiger partial charge is 0.494 e. The second-order valence-electron chi connectivity index (χ2n) is 5.78. The van der Waals surface area contributed by atoms with E-state index in [4.69, 9.17) is 9.84 Å². The number of likely N-dealkylation sites (tertiary alicyclic amines) is 1. The van der Waals surface area contributed by atoms with E-state index in [0.29, 0.717) is 39.0 Å². The number of hydrogen-bond donors (Lipinski definition) is 1. The van der Waals surface area contributed by atoms with Gasteiger partial charge in [0.05, 0.1) is 12.5 Å². The Morgan fingerprint density at radius 2 is 2.05 bits per heavy atom. The first kappa shape index (κ1) is 16.3. The molecule has 1 aliphatic heterocycles. The van der Waals surface area contributed by atoms with E-state index >= 15 is 0 Å². The standard InChI is InChI=1S/C17H23NO4/c1-13-6-8-15(9-7-13)22-11-3-5-16(19)18-10-2-4-14(12-18)17(20)21/h6-9,14H,2-5,10-12H2,1H3,(H,20,21)/t14-/m0/s1. The van der Waals surface area contributed by atoms with Crippen LogP contribution in [0.15, 0.2) is 24.3 Å². The Morgan fingerprint density at radius 1 is 1.32 bits per heavy atom. The molecule has 0 aromatic heterocycles. The van der Waals surface area contributed by atoms with Crippen LogP contribution in [0.3, 0.4) is 0 Å². The zero-order chi connectivity index (χ0) is 15.9. The number of amides is 1. The van der Waals surface area contributed by atoms with Gasteiger partial charge in [-0.1, -0.05) is 17.7 Å². The number of carbonyl (C=O) groups excluding carboxylic acids is 1. The maximum Gasteiger partial charge on any atom is 0.308 e. The van der Waals surface area contributed by atoms with Gasteiger partial charge < -0.3 is 14.7 Å². The molecule has 1 heterocycles. The highest BCUT2D eigenvalue weighted by atomic mass is 16.5. The number of carboxylic acid groups (broad SMARTS) is 1. The zero-order valence-corrected chi connectivity index (χ0v) is 13.0. The average Bonchev–Trinajstić information content (AvgIpc) is 2.53. The Labute approximate surface area is 130 Å². The maximum atomic E-state index is 12.1. The number of hydrogen-bond acceptors (Lipinski definition) is 3. The molecule has 1 aromatic carbocycles. The van der Waals surface area contributed by atoms with Crippen LogP contribution in [0.2, 0.25) is 0 Å². The second kappa shape index (κ2) is 7.82. The third kappa shape index (κ3) is 4.76. The van der Waals surface area contributed by atoms with E-state index in [2.05, 4.69) is 0 Å². The highest BCUT2D eigenvalue weighted by molar-refractivity contribution is 5.78. The average molecular weight is 305 g/mol. The molecule has 120 valence electrons. The molecule has 0 radical (unpaired) electrons. The van der Waals surface area contributed by atoms with E-state index < -0.39 is 11.9 Å². The minimum absolute atomic E-state index is 0.0263. The molecule has 1 aliphatic rings.